The fourth-order valence-corrected chi connectivity index (χ4v) is 2.09. The van der Waals surface area contributed by atoms with Crippen molar-refractivity contribution >= 4 is 9.84 Å². The van der Waals surface area contributed by atoms with Crippen LogP contribution in [0.4, 0.5) is 4.39 Å². The smallest absolute Gasteiger partial charge is 0.252 e. The zero-order valence-electron chi connectivity index (χ0n) is 10.3. The van der Waals surface area contributed by atoms with Crippen LogP contribution in [-0.2, 0) is 21.2 Å². The summed E-state index contributed by atoms with van der Waals surface area (Å²) in [6.07, 6.45) is 1.01. The summed E-state index contributed by atoms with van der Waals surface area (Å²) < 4.78 is 46.1. The Hall–Kier alpha value is -1.80. The lowest BCUT2D eigenvalue weighted by Gasteiger charge is -2.01. The van der Waals surface area contributed by atoms with Gasteiger partial charge in [0.1, 0.15) is 12.4 Å². The van der Waals surface area contributed by atoms with Crippen molar-refractivity contribution in [1.29, 1.82) is 0 Å². The predicted octanol–water partition coefficient (Wildman–Crippen LogP) is 1.43. The molecule has 8 heteroatoms. The maximum absolute atomic E-state index is 13.8. The minimum Gasteiger partial charge on any atom is -0.375 e. The lowest BCUT2D eigenvalue weighted by molar-refractivity contribution is 0.151. The molecule has 0 aliphatic rings. The van der Waals surface area contributed by atoms with E-state index in [1.54, 1.807) is 0 Å². The van der Waals surface area contributed by atoms with Gasteiger partial charge in [-0.1, -0.05) is 5.16 Å². The van der Waals surface area contributed by atoms with Gasteiger partial charge < -0.3 is 9.26 Å². The molecule has 2 aromatic rings. The maximum atomic E-state index is 13.8. The average Bonchev–Trinajstić information content (AvgIpc) is 2.76. The van der Waals surface area contributed by atoms with Crippen molar-refractivity contribution in [3.05, 3.63) is 29.9 Å². The van der Waals surface area contributed by atoms with Crippen LogP contribution >= 0.6 is 0 Å². The van der Waals surface area contributed by atoms with Gasteiger partial charge >= 0.3 is 0 Å². The van der Waals surface area contributed by atoms with Crippen LogP contribution in [0.3, 0.4) is 0 Å². The summed E-state index contributed by atoms with van der Waals surface area (Å²) in [6, 6.07) is 3.52. The number of hydrogen-bond donors (Lipinski definition) is 0. The van der Waals surface area contributed by atoms with Crippen LogP contribution in [-0.4, -0.2) is 31.9 Å². The zero-order chi connectivity index (χ0) is 14.0. The topological polar surface area (TPSA) is 82.3 Å². The first-order chi connectivity index (χ1) is 8.91. The normalized spacial score (nSPS) is 11.7. The summed E-state index contributed by atoms with van der Waals surface area (Å²) in [6.45, 7) is 0.121. The summed E-state index contributed by atoms with van der Waals surface area (Å²) in [5.41, 5.74) is 0.0681. The highest BCUT2D eigenvalue weighted by Gasteiger charge is 2.16. The number of sulfone groups is 1. The minimum atomic E-state index is -3.45. The number of rotatable bonds is 4. The molecule has 19 heavy (non-hydrogen) atoms. The highest BCUT2D eigenvalue weighted by molar-refractivity contribution is 7.90. The van der Waals surface area contributed by atoms with Gasteiger partial charge in [0.05, 0.1) is 10.5 Å². The van der Waals surface area contributed by atoms with E-state index in [0.717, 1.165) is 12.3 Å². The number of hydrogen-bond acceptors (Lipinski definition) is 6. The SMILES string of the molecule is COCc1nc(-c2ccc(S(C)(=O)=O)cc2F)no1. The van der Waals surface area contributed by atoms with E-state index in [1.165, 1.54) is 19.2 Å². The van der Waals surface area contributed by atoms with Gasteiger partial charge in [-0.05, 0) is 18.2 Å². The van der Waals surface area contributed by atoms with E-state index < -0.39 is 15.7 Å². The van der Waals surface area contributed by atoms with Crippen molar-refractivity contribution in [2.75, 3.05) is 13.4 Å². The van der Waals surface area contributed by atoms with Crippen LogP contribution < -0.4 is 0 Å². The molecule has 0 spiro atoms. The molecule has 0 unspecified atom stereocenters. The second-order valence-electron chi connectivity index (χ2n) is 3.86. The second kappa shape index (κ2) is 5.06. The second-order valence-corrected chi connectivity index (χ2v) is 5.87. The molecule has 6 nitrogen and oxygen atoms in total. The Morgan fingerprint density at radius 3 is 2.74 bits per heavy atom. The van der Waals surface area contributed by atoms with Gasteiger partial charge in [0, 0.05) is 13.4 Å². The largest absolute Gasteiger partial charge is 0.375 e. The standard InChI is InChI=1S/C11H11FN2O4S/c1-17-6-10-13-11(14-18-10)8-4-3-7(5-9(8)12)19(2,15)16/h3-5H,6H2,1-2H3. The van der Waals surface area contributed by atoms with Crippen LogP contribution in [0.25, 0.3) is 11.4 Å². The average molecular weight is 286 g/mol. The number of halogens is 1. The van der Waals surface area contributed by atoms with Crippen molar-refractivity contribution in [2.45, 2.75) is 11.5 Å². The van der Waals surface area contributed by atoms with E-state index in [0.29, 0.717) is 0 Å². The molecular formula is C11H11FN2O4S. The molecule has 0 aliphatic heterocycles. The molecule has 2 rings (SSSR count). The fraction of sp³-hybridized carbons (Fsp3) is 0.273. The van der Waals surface area contributed by atoms with Crippen LogP contribution in [0.15, 0.2) is 27.6 Å². The van der Waals surface area contributed by atoms with E-state index in [1.807, 2.05) is 0 Å². The van der Waals surface area contributed by atoms with Crippen LogP contribution in [0.1, 0.15) is 5.89 Å². The molecule has 0 atom stereocenters. The molecule has 0 saturated heterocycles. The Labute approximate surface area is 109 Å². The van der Waals surface area contributed by atoms with Crippen molar-refractivity contribution in [3.8, 4) is 11.4 Å². The van der Waals surface area contributed by atoms with E-state index in [9.17, 15) is 12.8 Å². The van der Waals surface area contributed by atoms with Crippen molar-refractivity contribution < 1.29 is 22.1 Å². The Kier molecular flexibility index (Phi) is 3.63. The van der Waals surface area contributed by atoms with Crippen molar-refractivity contribution in [1.82, 2.24) is 10.1 Å². The van der Waals surface area contributed by atoms with Crippen LogP contribution in [0, 0.1) is 5.82 Å². The molecule has 0 saturated carbocycles. The summed E-state index contributed by atoms with van der Waals surface area (Å²) in [7, 11) is -1.99. The van der Waals surface area contributed by atoms with Gasteiger partial charge in [0.2, 0.25) is 5.82 Å². The van der Waals surface area contributed by atoms with Gasteiger partial charge in [-0.25, -0.2) is 12.8 Å². The Morgan fingerprint density at radius 1 is 1.42 bits per heavy atom. The highest BCUT2D eigenvalue weighted by Crippen LogP contribution is 2.23. The van der Waals surface area contributed by atoms with Crippen molar-refractivity contribution in [3.63, 3.8) is 0 Å². The number of nitrogens with zero attached hydrogens (tertiary/aromatic N) is 2. The van der Waals surface area contributed by atoms with Crippen LogP contribution in [0.2, 0.25) is 0 Å². The predicted molar refractivity (Wildman–Crippen MR) is 63.5 cm³/mol. The first-order valence-corrected chi connectivity index (χ1v) is 7.12. The maximum Gasteiger partial charge on any atom is 0.252 e. The number of methoxy groups -OCH3 is 1. The molecule has 0 aliphatic carbocycles. The summed E-state index contributed by atoms with van der Waals surface area (Å²) in [4.78, 5) is 3.83. The van der Waals surface area contributed by atoms with E-state index >= 15 is 0 Å². The van der Waals surface area contributed by atoms with Gasteiger partial charge in [0.15, 0.2) is 9.84 Å². The van der Waals surface area contributed by atoms with Gasteiger partial charge in [-0.3, -0.25) is 0 Å². The quantitative estimate of drug-likeness (QED) is 0.845. The molecule has 0 N–H and O–H groups in total. The number of aromatic nitrogens is 2. The van der Waals surface area contributed by atoms with Gasteiger partial charge in [-0.2, -0.15) is 4.98 Å². The molecule has 0 amide bonds. The number of ether oxygens (including phenoxy) is 1. The third-order valence-electron chi connectivity index (χ3n) is 2.35. The summed E-state index contributed by atoms with van der Waals surface area (Å²) in [5, 5.41) is 3.60. The van der Waals surface area contributed by atoms with E-state index in [4.69, 9.17) is 9.26 Å². The fourth-order valence-electron chi connectivity index (χ4n) is 1.45. The first-order valence-electron chi connectivity index (χ1n) is 5.23. The summed E-state index contributed by atoms with van der Waals surface area (Å²) in [5.74, 6) is -0.471. The molecule has 1 aromatic heterocycles. The van der Waals surface area contributed by atoms with E-state index in [-0.39, 0.29) is 28.8 Å². The first kappa shape index (κ1) is 13.6. The molecule has 102 valence electrons. The molecule has 0 fully saturated rings. The molecule has 1 heterocycles. The third-order valence-corrected chi connectivity index (χ3v) is 3.46. The minimum absolute atomic E-state index is 0.0459. The molecule has 0 radical (unpaired) electrons. The van der Waals surface area contributed by atoms with Gasteiger partial charge in [-0.15, -0.1) is 0 Å². The molecular weight excluding hydrogens is 275 g/mol. The summed E-state index contributed by atoms with van der Waals surface area (Å²) >= 11 is 0. The van der Waals surface area contributed by atoms with Gasteiger partial charge in [0.25, 0.3) is 5.89 Å². The van der Waals surface area contributed by atoms with E-state index in [2.05, 4.69) is 10.1 Å². The monoisotopic (exact) mass is 286 g/mol. The number of benzene rings is 1. The molecule has 0 bridgehead atoms. The molecule has 1 aromatic carbocycles. The highest BCUT2D eigenvalue weighted by atomic mass is 32.2. The Bertz CT molecular complexity index is 696. The lowest BCUT2D eigenvalue weighted by atomic mass is 10.2. The lowest BCUT2D eigenvalue weighted by Crippen LogP contribution is -1.98. The van der Waals surface area contributed by atoms with Crippen molar-refractivity contribution in [2.24, 2.45) is 0 Å². The Balaban J connectivity index is 2.40. The third kappa shape index (κ3) is 2.96. The Morgan fingerprint density at radius 2 is 2.16 bits per heavy atom. The zero-order valence-corrected chi connectivity index (χ0v) is 11.1. The van der Waals surface area contributed by atoms with Crippen LogP contribution in [0.5, 0.6) is 0 Å².